The van der Waals surface area contributed by atoms with E-state index in [9.17, 15) is 4.79 Å². The first-order valence-electron chi connectivity index (χ1n) is 6.78. The zero-order chi connectivity index (χ0) is 13.5. The molecule has 0 aromatic carbocycles. The van der Waals surface area contributed by atoms with E-state index in [1.807, 2.05) is 0 Å². The standard InChI is InChI=1S/C14H21NO4/c1-17-14(16)13-11(6-8-19-13)10-15-7-9-18-12-4-2-3-5-12/h6,8,12,15H,2-5,7,9-10H2,1H3. The third kappa shape index (κ3) is 4.08. The van der Waals surface area contributed by atoms with Crippen LogP contribution < -0.4 is 5.32 Å². The number of furan rings is 1. The Kier molecular flexibility index (Phi) is 5.42. The molecule has 0 bridgehead atoms. The molecule has 1 N–H and O–H groups in total. The topological polar surface area (TPSA) is 60.7 Å². The molecule has 0 atom stereocenters. The zero-order valence-corrected chi connectivity index (χ0v) is 11.3. The summed E-state index contributed by atoms with van der Waals surface area (Å²) in [4.78, 5) is 11.4. The van der Waals surface area contributed by atoms with Gasteiger partial charge in [0.25, 0.3) is 0 Å². The molecule has 0 saturated heterocycles. The van der Waals surface area contributed by atoms with Crippen LogP contribution in [0.4, 0.5) is 0 Å². The summed E-state index contributed by atoms with van der Waals surface area (Å²) in [6.45, 7) is 2.05. The second-order valence-corrected chi connectivity index (χ2v) is 4.72. The predicted octanol–water partition coefficient (Wildman–Crippen LogP) is 2.12. The van der Waals surface area contributed by atoms with Gasteiger partial charge in [0, 0.05) is 18.7 Å². The molecule has 1 heterocycles. The van der Waals surface area contributed by atoms with Gasteiger partial charge >= 0.3 is 5.97 Å². The average molecular weight is 267 g/mol. The van der Waals surface area contributed by atoms with Crippen LogP contribution in [0.5, 0.6) is 0 Å². The Morgan fingerprint density at radius 1 is 1.47 bits per heavy atom. The van der Waals surface area contributed by atoms with Gasteiger partial charge in [0.05, 0.1) is 26.1 Å². The smallest absolute Gasteiger partial charge is 0.374 e. The molecule has 1 aliphatic carbocycles. The van der Waals surface area contributed by atoms with Crippen LogP contribution >= 0.6 is 0 Å². The van der Waals surface area contributed by atoms with Gasteiger partial charge in [-0.25, -0.2) is 4.79 Å². The number of nitrogens with one attached hydrogen (secondary N) is 1. The Hall–Kier alpha value is -1.33. The highest BCUT2D eigenvalue weighted by atomic mass is 16.5. The van der Waals surface area contributed by atoms with Crippen molar-refractivity contribution >= 4 is 5.97 Å². The molecule has 0 amide bonds. The monoisotopic (exact) mass is 267 g/mol. The molecule has 0 radical (unpaired) electrons. The van der Waals surface area contributed by atoms with E-state index in [0.717, 1.165) is 12.1 Å². The fourth-order valence-corrected chi connectivity index (χ4v) is 2.32. The van der Waals surface area contributed by atoms with Crippen LogP contribution in [0.1, 0.15) is 41.8 Å². The maximum Gasteiger partial charge on any atom is 0.374 e. The average Bonchev–Trinajstić information content (AvgIpc) is 3.08. The summed E-state index contributed by atoms with van der Waals surface area (Å²) in [6, 6.07) is 1.77. The third-order valence-electron chi connectivity index (χ3n) is 3.37. The van der Waals surface area contributed by atoms with Gasteiger partial charge in [-0.1, -0.05) is 12.8 Å². The van der Waals surface area contributed by atoms with Gasteiger partial charge in [-0.2, -0.15) is 0 Å². The fraction of sp³-hybridized carbons (Fsp3) is 0.643. The molecular formula is C14H21NO4. The van der Waals surface area contributed by atoms with E-state index in [2.05, 4.69) is 10.1 Å². The van der Waals surface area contributed by atoms with E-state index in [-0.39, 0.29) is 5.76 Å². The molecule has 1 aliphatic rings. The van der Waals surface area contributed by atoms with Gasteiger partial charge in [-0.05, 0) is 18.9 Å². The molecule has 106 valence electrons. The summed E-state index contributed by atoms with van der Waals surface area (Å²) in [5.41, 5.74) is 0.813. The molecule has 5 nitrogen and oxygen atoms in total. The van der Waals surface area contributed by atoms with Crippen molar-refractivity contribution < 1.29 is 18.7 Å². The van der Waals surface area contributed by atoms with Gasteiger partial charge in [0.2, 0.25) is 5.76 Å². The molecule has 1 saturated carbocycles. The van der Waals surface area contributed by atoms with Crippen molar-refractivity contribution in [3.63, 3.8) is 0 Å². The first-order chi connectivity index (χ1) is 9.31. The zero-order valence-electron chi connectivity index (χ0n) is 11.3. The maximum atomic E-state index is 11.4. The van der Waals surface area contributed by atoms with Gasteiger partial charge in [0.15, 0.2) is 0 Å². The van der Waals surface area contributed by atoms with Crippen LogP contribution in [0.3, 0.4) is 0 Å². The van der Waals surface area contributed by atoms with E-state index >= 15 is 0 Å². The minimum absolute atomic E-state index is 0.270. The highest BCUT2D eigenvalue weighted by Crippen LogP contribution is 2.20. The number of carbonyl (C=O) groups excluding carboxylic acids is 1. The Bertz CT molecular complexity index is 396. The number of esters is 1. The van der Waals surface area contributed by atoms with Crippen molar-refractivity contribution in [2.45, 2.75) is 38.3 Å². The molecular weight excluding hydrogens is 246 g/mol. The number of hydrogen-bond acceptors (Lipinski definition) is 5. The van der Waals surface area contributed by atoms with Crippen molar-refractivity contribution in [1.82, 2.24) is 5.32 Å². The Morgan fingerprint density at radius 2 is 2.26 bits per heavy atom. The second-order valence-electron chi connectivity index (χ2n) is 4.72. The van der Waals surface area contributed by atoms with Gasteiger partial charge in [-0.3, -0.25) is 0 Å². The minimum atomic E-state index is -0.441. The lowest BCUT2D eigenvalue weighted by molar-refractivity contribution is 0.0562. The quantitative estimate of drug-likeness (QED) is 0.605. The van der Waals surface area contributed by atoms with Gasteiger partial charge in [-0.15, -0.1) is 0 Å². The summed E-state index contributed by atoms with van der Waals surface area (Å²) in [7, 11) is 1.34. The molecule has 0 spiro atoms. The molecule has 1 aromatic heterocycles. The van der Waals surface area contributed by atoms with Crippen molar-refractivity contribution in [2.24, 2.45) is 0 Å². The summed E-state index contributed by atoms with van der Waals surface area (Å²) < 4.78 is 15.5. The first-order valence-corrected chi connectivity index (χ1v) is 6.78. The molecule has 1 fully saturated rings. The molecule has 0 unspecified atom stereocenters. The van der Waals surface area contributed by atoms with Crippen LogP contribution in [-0.2, 0) is 16.0 Å². The predicted molar refractivity (Wildman–Crippen MR) is 70.0 cm³/mol. The summed E-state index contributed by atoms with van der Waals surface area (Å²) >= 11 is 0. The van der Waals surface area contributed by atoms with Crippen molar-refractivity contribution in [3.05, 3.63) is 23.7 Å². The largest absolute Gasteiger partial charge is 0.463 e. The Morgan fingerprint density at radius 3 is 3.00 bits per heavy atom. The molecule has 1 aromatic rings. The van der Waals surface area contributed by atoms with E-state index in [1.54, 1.807) is 6.07 Å². The van der Waals surface area contributed by atoms with Crippen molar-refractivity contribution in [1.29, 1.82) is 0 Å². The number of hydrogen-bond donors (Lipinski definition) is 1. The number of carbonyl (C=O) groups is 1. The highest BCUT2D eigenvalue weighted by Gasteiger charge is 2.16. The van der Waals surface area contributed by atoms with E-state index in [0.29, 0.717) is 19.3 Å². The molecule has 0 aliphatic heterocycles. The first kappa shape index (κ1) is 14.1. The number of ether oxygens (including phenoxy) is 2. The van der Waals surface area contributed by atoms with Crippen LogP contribution in [0.2, 0.25) is 0 Å². The lowest BCUT2D eigenvalue weighted by Gasteiger charge is -2.11. The molecule has 19 heavy (non-hydrogen) atoms. The minimum Gasteiger partial charge on any atom is -0.463 e. The van der Waals surface area contributed by atoms with Gasteiger partial charge in [0.1, 0.15) is 0 Å². The second kappa shape index (κ2) is 7.31. The lowest BCUT2D eigenvalue weighted by Crippen LogP contribution is -2.22. The van der Waals surface area contributed by atoms with E-state index in [1.165, 1.54) is 39.1 Å². The number of rotatable bonds is 7. The number of methoxy groups -OCH3 is 1. The Balaban J connectivity index is 1.65. The molecule has 5 heteroatoms. The van der Waals surface area contributed by atoms with E-state index in [4.69, 9.17) is 9.15 Å². The van der Waals surface area contributed by atoms with Crippen LogP contribution in [0, 0.1) is 0 Å². The lowest BCUT2D eigenvalue weighted by atomic mass is 10.2. The Labute approximate surface area is 113 Å². The summed E-state index contributed by atoms with van der Waals surface area (Å²) in [5, 5.41) is 3.24. The van der Waals surface area contributed by atoms with Crippen molar-refractivity contribution in [2.75, 3.05) is 20.3 Å². The molecule has 2 rings (SSSR count). The fourth-order valence-electron chi connectivity index (χ4n) is 2.32. The summed E-state index contributed by atoms with van der Waals surface area (Å²) in [5.74, 6) is -0.171. The summed E-state index contributed by atoms with van der Waals surface area (Å²) in [6.07, 6.45) is 6.90. The van der Waals surface area contributed by atoms with Crippen molar-refractivity contribution in [3.8, 4) is 0 Å². The maximum absolute atomic E-state index is 11.4. The van der Waals surface area contributed by atoms with E-state index < -0.39 is 5.97 Å². The van der Waals surface area contributed by atoms with Gasteiger partial charge < -0.3 is 19.2 Å². The normalized spacial score (nSPS) is 15.8. The van der Waals surface area contributed by atoms with Crippen LogP contribution in [0.15, 0.2) is 16.7 Å². The van der Waals surface area contributed by atoms with Crippen LogP contribution in [-0.4, -0.2) is 32.3 Å². The SMILES string of the molecule is COC(=O)c1occc1CNCCOC1CCCC1. The van der Waals surface area contributed by atoms with Crippen LogP contribution in [0.25, 0.3) is 0 Å². The highest BCUT2D eigenvalue weighted by molar-refractivity contribution is 5.87. The third-order valence-corrected chi connectivity index (χ3v) is 3.37.